The van der Waals surface area contributed by atoms with Gasteiger partial charge < -0.3 is 29.4 Å². The van der Waals surface area contributed by atoms with Crippen LogP contribution in [0.25, 0.3) is 33.2 Å². The SMILES string of the molecule is COc1cc2c(cc1N1CCN(C3CCN(c4cccc(C5CCC(=O)NC5=O)c4)C3)CC1)[nH]c1ncnc(-c3ccc([C@@H](C)NC(=O)c4noc(C(C)(C)C)n4)c(C)c3F)c12. The standard InChI is InChI=1S/C46H51FN10O5/c1-25-30(26(2)50-44(60)42-53-45(62-54-42)46(3,4)5)10-11-32(39(25)47)40-38-33-21-36(61-6)35(22-34(33)51-41(38)49-24-48-40)56-18-16-55(17-19-56)29-14-15-57(23-29)28-9-7-8-27(20-28)31-12-13-37(58)52-43(31)59/h7-11,20-22,24,26,29,31H,12-19,23H2,1-6H3,(H,50,60)(H,48,49,51)(H,52,58,59)/t26-,29?,31?/m1/s1. The van der Waals surface area contributed by atoms with Crippen LogP contribution in [-0.4, -0.2) is 100 Å². The number of H-pyrrole nitrogens is 1. The topological polar surface area (TPSA) is 175 Å². The number of benzene rings is 3. The van der Waals surface area contributed by atoms with Crippen molar-refractivity contribution >= 4 is 51.0 Å². The number of carbonyl (C=O) groups is 3. The number of hydrogen-bond acceptors (Lipinski definition) is 12. The zero-order valence-corrected chi connectivity index (χ0v) is 35.8. The zero-order chi connectivity index (χ0) is 43.4. The lowest BCUT2D eigenvalue weighted by atomic mass is 9.90. The maximum atomic E-state index is 16.5. The Hall–Kier alpha value is -6.42. The van der Waals surface area contributed by atoms with Gasteiger partial charge in [0, 0.05) is 73.8 Å². The molecule has 3 aromatic carbocycles. The molecule has 3 N–H and O–H groups in total. The van der Waals surface area contributed by atoms with Gasteiger partial charge >= 0.3 is 0 Å². The van der Waals surface area contributed by atoms with E-state index in [1.54, 1.807) is 33.1 Å². The molecule has 0 saturated carbocycles. The number of halogens is 1. The van der Waals surface area contributed by atoms with E-state index in [4.69, 9.17) is 9.26 Å². The first-order chi connectivity index (χ1) is 29.8. The van der Waals surface area contributed by atoms with Crippen molar-refractivity contribution in [2.45, 2.75) is 77.3 Å². The van der Waals surface area contributed by atoms with E-state index in [1.165, 1.54) is 6.33 Å². The summed E-state index contributed by atoms with van der Waals surface area (Å²) in [7, 11) is 1.67. The van der Waals surface area contributed by atoms with Crippen LogP contribution in [-0.2, 0) is 15.0 Å². The first-order valence-electron chi connectivity index (χ1n) is 21.2. The number of rotatable bonds is 9. The average Bonchev–Trinajstić information content (AvgIpc) is 4.04. The molecule has 3 saturated heterocycles. The van der Waals surface area contributed by atoms with Crippen molar-refractivity contribution in [2.24, 2.45) is 0 Å². The molecule has 0 radical (unpaired) electrons. The van der Waals surface area contributed by atoms with E-state index in [0.717, 1.165) is 73.5 Å². The first-order valence-corrected chi connectivity index (χ1v) is 21.2. The lowest BCUT2D eigenvalue weighted by Crippen LogP contribution is -2.51. The fourth-order valence-electron chi connectivity index (χ4n) is 9.22. The van der Waals surface area contributed by atoms with Gasteiger partial charge in [0.05, 0.1) is 41.4 Å². The number of carbonyl (C=O) groups excluding carboxylic acids is 3. The number of ether oxygens (including phenoxy) is 1. The summed E-state index contributed by atoms with van der Waals surface area (Å²) in [6.07, 6.45) is 3.39. The monoisotopic (exact) mass is 842 g/mol. The Morgan fingerprint density at radius 3 is 2.56 bits per heavy atom. The first kappa shape index (κ1) is 41.0. The van der Waals surface area contributed by atoms with E-state index in [2.05, 4.69) is 68.6 Å². The molecule has 0 bridgehead atoms. The third-order valence-electron chi connectivity index (χ3n) is 12.7. The molecule has 3 aliphatic heterocycles. The number of fused-ring (bicyclic) bond motifs is 3. The fourth-order valence-corrected chi connectivity index (χ4v) is 9.22. The van der Waals surface area contributed by atoms with Gasteiger partial charge in [-0.25, -0.2) is 14.4 Å². The lowest BCUT2D eigenvalue weighted by molar-refractivity contribution is -0.134. The van der Waals surface area contributed by atoms with Gasteiger partial charge in [-0.1, -0.05) is 44.1 Å². The van der Waals surface area contributed by atoms with Crippen molar-refractivity contribution in [3.8, 4) is 17.0 Å². The summed E-state index contributed by atoms with van der Waals surface area (Å²) in [5.41, 5.74) is 5.81. The molecule has 62 heavy (non-hydrogen) atoms. The molecule has 16 heteroatoms. The van der Waals surface area contributed by atoms with Crippen LogP contribution in [0.15, 0.2) is 59.4 Å². The molecule has 3 atom stereocenters. The highest BCUT2D eigenvalue weighted by atomic mass is 19.1. The summed E-state index contributed by atoms with van der Waals surface area (Å²) in [4.78, 5) is 61.5. The minimum atomic E-state index is -0.546. The van der Waals surface area contributed by atoms with Crippen LogP contribution in [0.2, 0.25) is 0 Å². The molecule has 3 fully saturated rings. The van der Waals surface area contributed by atoms with E-state index < -0.39 is 23.2 Å². The lowest BCUT2D eigenvalue weighted by Gasteiger charge is -2.39. The summed E-state index contributed by atoms with van der Waals surface area (Å²) in [5.74, 6) is -0.692. The fraction of sp³-hybridized carbons (Fsp3) is 0.413. The number of aromatic nitrogens is 5. The highest BCUT2D eigenvalue weighted by Gasteiger charge is 2.33. The highest BCUT2D eigenvalue weighted by molar-refractivity contribution is 6.13. The molecule has 322 valence electrons. The van der Waals surface area contributed by atoms with Gasteiger partial charge in [-0.3, -0.25) is 24.6 Å². The normalized spacial score (nSPS) is 19.3. The van der Waals surface area contributed by atoms with Gasteiger partial charge in [-0.05, 0) is 73.7 Å². The molecule has 2 unspecified atom stereocenters. The van der Waals surface area contributed by atoms with Crippen LogP contribution in [0.4, 0.5) is 15.8 Å². The molecule has 0 spiro atoms. The molecule has 9 rings (SSSR count). The number of aromatic amines is 1. The van der Waals surface area contributed by atoms with Crippen LogP contribution >= 0.6 is 0 Å². The van der Waals surface area contributed by atoms with Crippen LogP contribution in [0.5, 0.6) is 5.75 Å². The van der Waals surface area contributed by atoms with Crippen LogP contribution in [0.1, 0.15) is 92.1 Å². The van der Waals surface area contributed by atoms with Crippen LogP contribution in [0.3, 0.4) is 0 Å². The summed E-state index contributed by atoms with van der Waals surface area (Å²) in [5, 5.41) is 10.7. The maximum absolute atomic E-state index is 16.5. The molecule has 15 nitrogen and oxygen atoms in total. The number of methoxy groups -OCH3 is 1. The number of piperidine rings is 1. The molecular formula is C46H51FN10O5. The molecule has 6 aromatic rings. The number of hydrogen-bond donors (Lipinski definition) is 3. The van der Waals surface area contributed by atoms with Crippen LogP contribution in [0, 0.1) is 12.7 Å². The minimum absolute atomic E-state index is 0.0783. The smallest absolute Gasteiger partial charge is 0.293 e. The Morgan fingerprint density at radius 2 is 1.82 bits per heavy atom. The maximum Gasteiger partial charge on any atom is 0.293 e. The second-order valence-electron chi connectivity index (χ2n) is 17.7. The zero-order valence-electron chi connectivity index (χ0n) is 35.8. The van der Waals surface area contributed by atoms with Gasteiger partial charge in [-0.15, -0.1) is 0 Å². The van der Waals surface area contributed by atoms with Crippen LogP contribution < -0.4 is 25.2 Å². The summed E-state index contributed by atoms with van der Waals surface area (Å²) in [6, 6.07) is 15.7. The van der Waals surface area contributed by atoms with E-state index in [0.29, 0.717) is 63.9 Å². The Morgan fingerprint density at radius 1 is 1.02 bits per heavy atom. The highest BCUT2D eigenvalue weighted by Crippen LogP contribution is 2.41. The van der Waals surface area contributed by atoms with E-state index >= 15 is 4.39 Å². The van der Waals surface area contributed by atoms with Gasteiger partial charge in [-0.2, -0.15) is 4.98 Å². The van der Waals surface area contributed by atoms with Crippen molar-refractivity contribution in [1.29, 1.82) is 0 Å². The molecular weight excluding hydrogens is 792 g/mol. The van der Waals surface area contributed by atoms with Crippen molar-refractivity contribution in [1.82, 2.24) is 40.6 Å². The summed E-state index contributed by atoms with van der Waals surface area (Å²) in [6.45, 7) is 14.5. The molecule has 3 aromatic heterocycles. The molecule has 3 amide bonds. The number of amides is 3. The van der Waals surface area contributed by atoms with Crippen molar-refractivity contribution < 1.29 is 28.0 Å². The van der Waals surface area contributed by atoms with Gasteiger partial charge in [0.25, 0.3) is 11.7 Å². The Balaban J connectivity index is 0.898. The Bertz CT molecular complexity index is 2720. The predicted molar refractivity (Wildman–Crippen MR) is 233 cm³/mol. The third kappa shape index (κ3) is 7.60. The molecule has 0 aliphatic carbocycles. The van der Waals surface area contributed by atoms with E-state index in [1.807, 2.05) is 39.0 Å². The van der Waals surface area contributed by atoms with Crippen molar-refractivity contribution in [2.75, 3.05) is 56.2 Å². The Kier molecular flexibility index (Phi) is 10.7. The number of anilines is 2. The summed E-state index contributed by atoms with van der Waals surface area (Å²) >= 11 is 0. The number of imide groups is 1. The van der Waals surface area contributed by atoms with E-state index in [9.17, 15) is 14.4 Å². The van der Waals surface area contributed by atoms with Crippen molar-refractivity contribution in [3.63, 3.8) is 0 Å². The van der Waals surface area contributed by atoms with Gasteiger partial charge in [0.1, 0.15) is 23.5 Å². The predicted octanol–water partition coefficient (Wildman–Crippen LogP) is 6.33. The Labute approximate surface area is 358 Å². The van der Waals surface area contributed by atoms with Gasteiger partial charge in [0.15, 0.2) is 0 Å². The third-order valence-corrected chi connectivity index (χ3v) is 12.7. The average molecular weight is 843 g/mol. The summed E-state index contributed by atoms with van der Waals surface area (Å²) < 4.78 is 27.8. The van der Waals surface area contributed by atoms with Crippen molar-refractivity contribution in [3.05, 3.63) is 89.1 Å². The number of nitrogens with zero attached hydrogens (tertiary/aromatic N) is 7. The van der Waals surface area contributed by atoms with Gasteiger partial charge in [0.2, 0.25) is 17.7 Å². The number of nitrogens with one attached hydrogen (secondary N) is 3. The molecule has 6 heterocycles. The number of piperazine rings is 1. The second-order valence-corrected chi connectivity index (χ2v) is 17.7. The second kappa shape index (κ2) is 16.1. The minimum Gasteiger partial charge on any atom is -0.495 e. The van der Waals surface area contributed by atoms with E-state index in [-0.39, 0.29) is 23.6 Å². The molecule has 3 aliphatic rings. The largest absolute Gasteiger partial charge is 0.495 e. The quantitative estimate of drug-likeness (QED) is 0.138.